The van der Waals surface area contributed by atoms with Gasteiger partial charge in [0.2, 0.25) is 14.4 Å². The summed E-state index contributed by atoms with van der Waals surface area (Å²) >= 11 is 0. The first-order valence-corrected chi connectivity index (χ1v) is 12.1. The molecule has 0 aliphatic heterocycles. The number of hydrogen-bond acceptors (Lipinski definition) is 5. The summed E-state index contributed by atoms with van der Waals surface area (Å²) in [4.78, 5) is 26.0. The first-order chi connectivity index (χ1) is 13.6. The molecule has 0 fully saturated rings. The van der Waals surface area contributed by atoms with E-state index in [4.69, 9.17) is 9.16 Å². The van der Waals surface area contributed by atoms with E-state index in [1.807, 2.05) is 24.3 Å². The van der Waals surface area contributed by atoms with Gasteiger partial charge in [0.05, 0.1) is 23.9 Å². The van der Waals surface area contributed by atoms with Crippen LogP contribution in [0.1, 0.15) is 42.3 Å². The van der Waals surface area contributed by atoms with Gasteiger partial charge in [-0.1, -0.05) is 32.6 Å². The highest BCUT2D eigenvalue weighted by atomic mass is 28.4. The molecule has 0 N–H and O–H groups in total. The molecule has 0 bridgehead atoms. The zero-order chi connectivity index (χ0) is 21.7. The zero-order valence-corrected chi connectivity index (χ0v) is 18.6. The van der Waals surface area contributed by atoms with Crippen molar-refractivity contribution >= 4 is 26.1 Å². The maximum Gasteiger partial charge on any atom is 0.337 e. The van der Waals surface area contributed by atoms with Gasteiger partial charge in [0.25, 0.3) is 0 Å². The van der Waals surface area contributed by atoms with Crippen molar-refractivity contribution in [1.29, 1.82) is 0 Å². The summed E-state index contributed by atoms with van der Waals surface area (Å²) in [5.41, 5.74) is 1.90. The van der Waals surface area contributed by atoms with Crippen molar-refractivity contribution in [3.63, 3.8) is 0 Å². The van der Waals surface area contributed by atoms with E-state index >= 15 is 0 Å². The first kappa shape index (κ1) is 22.2. The molecule has 0 aromatic heterocycles. The van der Waals surface area contributed by atoms with Crippen molar-refractivity contribution in [2.24, 2.45) is 4.99 Å². The molecule has 0 heterocycles. The number of rotatable bonds is 4. The van der Waals surface area contributed by atoms with Crippen LogP contribution in [0.5, 0.6) is 5.75 Å². The molecule has 150 valence electrons. The Morgan fingerprint density at radius 3 is 2.24 bits per heavy atom. The summed E-state index contributed by atoms with van der Waals surface area (Å²) in [5.74, 6) is 6.33. The Morgan fingerprint density at radius 1 is 1.03 bits per heavy atom. The molecule has 0 amide bonds. The van der Waals surface area contributed by atoms with Crippen LogP contribution in [0.4, 0.5) is 5.69 Å². The molecule has 2 aromatic carbocycles. The molecule has 0 radical (unpaired) electrons. The minimum absolute atomic E-state index is 0.117. The predicted octanol–water partition coefficient (Wildman–Crippen LogP) is 5.22. The van der Waals surface area contributed by atoms with Gasteiger partial charge in [-0.3, -0.25) is 0 Å². The third kappa shape index (κ3) is 5.67. The van der Waals surface area contributed by atoms with Gasteiger partial charge in [-0.05, 0) is 60.6 Å². The van der Waals surface area contributed by atoms with Gasteiger partial charge >= 0.3 is 5.97 Å². The number of ether oxygens (including phenoxy) is 1. The summed E-state index contributed by atoms with van der Waals surface area (Å²) in [6, 6.07) is 12.2. The van der Waals surface area contributed by atoms with Crippen molar-refractivity contribution in [2.75, 3.05) is 7.11 Å². The van der Waals surface area contributed by atoms with E-state index in [-0.39, 0.29) is 5.04 Å². The Balaban J connectivity index is 2.30. The number of methoxy groups -OCH3 is 1. The molecule has 6 heteroatoms. The average molecular weight is 408 g/mol. The Bertz CT molecular complexity index is 1000. The largest absolute Gasteiger partial charge is 0.544 e. The molecule has 0 spiro atoms. The number of benzene rings is 2. The van der Waals surface area contributed by atoms with Crippen LogP contribution in [0.15, 0.2) is 47.5 Å². The van der Waals surface area contributed by atoms with Crippen molar-refractivity contribution in [2.45, 2.75) is 38.9 Å². The molecule has 2 aromatic rings. The highest BCUT2D eigenvalue weighted by Crippen LogP contribution is 2.37. The summed E-state index contributed by atoms with van der Waals surface area (Å²) in [6.45, 7) is 11.0. The van der Waals surface area contributed by atoms with Gasteiger partial charge in [0.15, 0.2) is 0 Å². The van der Waals surface area contributed by atoms with Crippen LogP contribution in [-0.2, 0) is 9.53 Å². The average Bonchev–Trinajstić information content (AvgIpc) is 2.66. The fourth-order valence-electron chi connectivity index (χ4n) is 2.22. The second-order valence-electron chi connectivity index (χ2n) is 8.06. The zero-order valence-electron chi connectivity index (χ0n) is 17.6. The number of carbonyl (C=O) groups is 1. The van der Waals surface area contributed by atoms with Crippen LogP contribution in [-0.4, -0.2) is 27.5 Å². The molecule has 0 saturated carbocycles. The molecular weight excluding hydrogens is 382 g/mol. The third-order valence-electron chi connectivity index (χ3n) is 4.96. The van der Waals surface area contributed by atoms with Crippen molar-refractivity contribution in [3.05, 3.63) is 59.2 Å². The lowest BCUT2D eigenvalue weighted by Gasteiger charge is -2.36. The number of isocyanates is 1. The highest BCUT2D eigenvalue weighted by molar-refractivity contribution is 6.74. The SMILES string of the molecule is COC(=O)c1ccc(N=C=O)c(C#Cc2ccc(O[Si](C)(C)C(C)(C)C)cc2)c1. The van der Waals surface area contributed by atoms with Crippen LogP contribution >= 0.6 is 0 Å². The number of hydrogen-bond donors (Lipinski definition) is 0. The molecule has 0 atom stereocenters. The summed E-state index contributed by atoms with van der Waals surface area (Å²) < 4.78 is 11.0. The third-order valence-corrected chi connectivity index (χ3v) is 9.32. The minimum Gasteiger partial charge on any atom is -0.544 e. The lowest BCUT2D eigenvalue weighted by Crippen LogP contribution is -2.43. The minimum atomic E-state index is -1.90. The van der Waals surface area contributed by atoms with Crippen molar-refractivity contribution in [3.8, 4) is 17.6 Å². The molecule has 0 aliphatic rings. The fraction of sp³-hybridized carbons (Fsp3) is 0.304. The van der Waals surface area contributed by atoms with E-state index in [9.17, 15) is 9.59 Å². The van der Waals surface area contributed by atoms with E-state index in [2.05, 4.69) is 50.7 Å². The summed E-state index contributed by atoms with van der Waals surface area (Å²) in [7, 11) is -0.596. The normalized spacial score (nSPS) is 11.0. The fourth-order valence-corrected chi connectivity index (χ4v) is 3.25. The van der Waals surface area contributed by atoms with E-state index < -0.39 is 14.3 Å². The molecule has 29 heavy (non-hydrogen) atoms. The van der Waals surface area contributed by atoms with Gasteiger partial charge < -0.3 is 9.16 Å². The number of carbonyl (C=O) groups excluding carboxylic acids is 2. The molecule has 5 nitrogen and oxygen atoms in total. The van der Waals surface area contributed by atoms with E-state index in [1.165, 1.54) is 25.3 Å². The lowest BCUT2D eigenvalue weighted by atomic mass is 10.1. The van der Waals surface area contributed by atoms with E-state index in [0.29, 0.717) is 16.8 Å². The van der Waals surface area contributed by atoms with Gasteiger partial charge in [0, 0.05) is 5.56 Å². The van der Waals surface area contributed by atoms with Gasteiger partial charge in [-0.2, -0.15) is 4.99 Å². The highest BCUT2D eigenvalue weighted by Gasteiger charge is 2.38. The topological polar surface area (TPSA) is 65.0 Å². The smallest absolute Gasteiger partial charge is 0.337 e. The van der Waals surface area contributed by atoms with Gasteiger partial charge in [0.1, 0.15) is 5.75 Å². The first-order valence-electron chi connectivity index (χ1n) is 9.19. The Kier molecular flexibility index (Phi) is 6.81. The molecule has 0 aliphatic carbocycles. The Morgan fingerprint density at radius 2 is 1.69 bits per heavy atom. The van der Waals surface area contributed by atoms with Crippen LogP contribution < -0.4 is 4.43 Å². The molecule has 0 saturated heterocycles. The Labute approximate surface area is 172 Å². The van der Waals surface area contributed by atoms with Crippen LogP contribution in [0, 0.1) is 11.8 Å². The predicted molar refractivity (Wildman–Crippen MR) is 116 cm³/mol. The number of aliphatic imine (C=N–C) groups is 1. The van der Waals surface area contributed by atoms with Crippen molar-refractivity contribution < 1.29 is 18.8 Å². The van der Waals surface area contributed by atoms with Gasteiger partial charge in [-0.15, -0.1) is 0 Å². The Hall–Kier alpha value is -3.13. The van der Waals surface area contributed by atoms with E-state index in [1.54, 1.807) is 6.07 Å². The van der Waals surface area contributed by atoms with E-state index in [0.717, 1.165) is 11.3 Å². The summed E-state index contributed by atoms with van der Waals surface area (Å²) in [5, 5.41) is 0.117. The monoisotopic (exact) mass is 407 g/mol. The number of nitrogens with zero attached hydrogens (tertiary/aromatic N) is 1. The number of esters is 1. The maximum atomic E-state index is 11.7. The van der Waals surface area contributed by atoms with Crippen LogP contribution in [0.2, 0.25) is 18.1 Å². The maximum absolute atomic E-state index is 11.7. The van der Waals surface area contributed by atoms with Crippen LogP contribution in [0.3, 0.4) is 0 Å². The molecule has 0 unspecified atom stereocenters. The second kappa shape index (κ2) is 8.91. The van der Waals surface area contributed by atoms with Crippen LogP contribution in [0.25, 0.3) is 0 Å². The second-order valence-corrected chi connectivity index (χ2v) is 12.8. The van der Waals surface area contributed by atoms with Gasteiger partial charge in [-0.25, -0.2) is 9.59 Å². The van der Waals surface area contributed by atoms with Crippen molar-refractivity contribution in [1.82, 2.24) is 0 Å². The lowest BCUT2D eigenvalue weighted by molar-refractivity contribution is 0.0600. The standard InChI is InChI=1S/C23H25NO4Si/c1-23(2,3)29(5,6)28-20-12-8-17(9-13-20)7-10-18-15-19(22(26)27-4)11-14-21(18)24-16-25/h8-9,11-15H,1-6H3. The molecule has 2 rings (SSSR count). The quantitative estimate of drug-likeness (QED) is 0.229. The summed E-state index contributed by atoms with van der Waals surface area (Å²) in [6.07, 6.45) is 1.50. The molecular formula is C23H25NO4Si.